The molecular weight excluding hydrogens is 238 g/mol. The number of rotatable bonds is 5. The van der Waals surface area contributed by atoms with E-state index in [-0.39, 0.29) is 0 Å². The molecule has 2 aliphatic rings. The molecule has 1 aliphatic carbocycles. The molecule has 3 rings (SSSR count). The maximum absolute atomic E-state index is 5.47. The first kappa shape index (κ1) is 13.1. The number of nitrogens with one attached hydrogen (secondary N) is 1. The number of imidazole rings is 1. The van der Waals surface area contributed by atoms with Crippen LogP contribution in [-0.4, -0.2) is 29.8 Å². The summed E-state index contributed by atoms with van der Waals surface area (Å²) in [5.41, 5.74) is 2.73. The predicted octanol–water partition coefficient (Wildman–Crippen LogP) is 2.25. The second-order valence-electron chi connectivity index (χ2n) is 6.20. The molecule has 0 aromatic carbocycles. The van der Waals surface area contributed by atoms with Gasteiger partial charge in [0.05, 0.1) is 18.3 Å². The van der Waals surface area contributed by atoms with E-state index in [4.69, 9.17) is 9.72 Å². The van der Waals surface area contributed by atoms with Crippen LogP contribution in [0.15, 0.2) is 0 Å². The minimum Gasteiger partial charge on any atom is -0.383 e. The molecule has 1 aromatic rings. The number of fused-ring (bicyclic) bond motifs is 1. The van der Waals surface area contributed by atoms with Gasteiger partial charge in [-0.05, 0) is 18.8 Å². The maximum Gasteiger partial charge on any atom is 0.112 e. The summed E-state index contributed by atoms with van der Waals surface area (Å²) in [6.45, 7) is 7.36. The van der Waals surface area contributed by atoms with Gasteiger partial charge in [-0.2, -0.15) is 0 Å². The van der Waals surface area contributed by atoms with E-state index in [1.165, 1.54) is 30.1 Å². The Bertz CT molecular complexity index is 448. The van der Waals surface area contributed by atoms with Gasteiger partial charge in [-0.3, -0.25) is 0 Å². The predicted molar refractivity (Wildman–Crippen MR) is 75.4 cm³/mol. The molecule has 2 heterocycles. The normalized spacial score (nSPS) is 20.6. The molecule has 0 spiro atoms. The van der Waals surface area contributed by atoms with E-state index in [0.717, 1.165) is 26.1 Å². The lowest BCUT2D eigenvalue weighted by Crippen LogP contribution is -2.29. The fourth-order valence-corrected chi connectivity index (χ4v) is 3.09. The molecule has 106 valence electrons. The summed E-state index contributed by atoms with van der Waals surface area (Å²) >= 11 is 0. The number of hydrogen-bond donors (Lipinski definition) is 1. The van der Waals surface area contributed by atoms with Crippen LogP contribution >= 0.6 is 0 Å². The summed E-state index contributed by atoms with van der Waals surface area (Å²) in [6, 6.07) is 0.426. The molecule has 4 heteroatoms. The summed E-state index contributed by atoms with van der Waals surface area (Å²) < 4.78 is 8.00. The van der Waals surface area contributed by atoms with Crippen molar-refractivity contribution in [1.82, 2.24) is 14.9 Å². The van der Waals surface area contributed by atoms with E-state index in [1.54, 1.807) is 7.11 Å². The molecule has 1 atom stereocenters. The lowest BCUT2D eigenvalue weighted by Gasteiger charge is -2.27. The Morgan fingerprint density at radius 3 is 2.84 bits per heavy atom. The standard InChI is InChI=1S/C15H25N3O/c1-10(2)14(9-19-3)18-13-6-7-16-8-12(13)17-15(18)11-4-5-11/h10-11,14,16H,4-9H2,1-3H3. The Morgan fingerprint density at radius 1 is 1.42 bits per heavy atom. The molecule has 1 fully saturated rings. The minimum absolute atomic E-state index is 0.426. The third-order valence-corrected chi connectivity index (χ3v) is 4.33. The lowest BCUT2D eigenvalue weighted by atomic mass is 10.0. The van der Waals surface area contributed by atoms with Gasteiger partial charge in [0.1, 0.15) is 5.82 Å². The third-order valence-electron chi connectivity index (χ3n) is 4.33. The van der Waals surface area contributed by atoms with Crippen LogP contribution in [0.5, 0.6) is 0 Å². The Hall–Kier alpha value is -0.870. The van der Waals surface area contributed by atoms with Crippen LogP contribution in [0.2, 0.25) is 0 Å². The highest BCUT2D eigenvalue weighted by Crippen LogP contribution is 2.42. The molecule has 19 heavy (non-hydrogen) atoms. The van der Waals surface area contributed by atoms with Crippen molar-refractivity contribution in [2.75, 3.05) is 20.3 Å². The van der Waals surface area contributed by atoms with E-state index in [2.05, 4.69) is 23.7 Å². The summed E-state index contributed by atoms with van der Waals surface area (Å²) in [5, 5.41) is 3.43. The van der Waals surface area contributed by atoms with E-state index in [0.29, 0.717) is 17.9 Å². The Balaban J connectivity index is 2.03. The first-order valence-corrected chi connectivity index (χ1v) is 7.52. The van der Waals surface area contributed by atoms with Gasteiger partial charge in [0.25, 0.3) is 0 Å². The Morgan fingerprint density at radius 2 is 2.21 bits per heavy atom. The molecule has 1 unspecified atom stereocenters. The summed E-state index contributed by atoms with van der Waals surface area (Å²) in [5.74, 6) is 2.60. The van der Waals surface area contributed by atoms with Gasteiger partial charge in [0.15, 0.2) is 0 Å². The number of ether oxygens (including phenoxy) is 1. The largest absolute Gasteiger partial charge is 0.383 e. The Labute approximate surface area is 115 Å². The molecular formula is C15H25N3O. The molecule has 1 saturated carbocycles. The third kappa shape index (κ3) is 2.43. The van der Waals surface area contributed by atoms with Crippen molar-refractivity contribution < 1.29 is 4.74 Å². The second-order valence-corrected chi connectivity index (χ2v) is 6.20. The van der Waals surface area contributed by atoms with Crippen LogP contribution in [0, 0.1) is 5.92 Å². The quantitative estimate of drug-likeness (QED) is 0.885. The van der Waals surface area contributed by atoms with Crippen molar-refractivity contribution in [3.8, 4) is 0 Å². The highest BCUT2D eigenvalue weighted by Gasteiger charge is 2.34. The lowest BCUT2D eigenvalue weighted by molar-refractivity contribution is 0.130. The minimum atomic E-state index is 0.426. The highest BCUT2D eigenvalue weighted by atomic mass is 16.5. The van der Waals surface area contributed by atoms with E-state index < -0.39 is 0 Å². The first-order valence-electron chi connectivity index (χ1n) is 7.52. The topological polar surface area (TPSA) is 39.1 Å². The fourth-order valence-electron chi connectivity index (χ4n) is 3.09. The van der Waals surface area contributed by atoms with E-state index >= 15 is 0 Å². The molecule has 4 nitrogen and oxygen atoms in total. The fraction of sp³-hybridized carbons (Fsp3) is 0.800. The second kappa shape index (κ2) is 5.25. The maximum atomic E-state index is 5.47. The molecule has 1 aliphatic heterocycles. The monoisotopic (exact) mass is 263 g/mol. The molecule has 1 N–H and O–H groups in total. The van der Waals surface area contributed by atoms with Crippen molar-refractivity contribution in [1.29, 1.82) is 0 Å². The SMILES string of the molecule is COCC(C(C)C)n1c(C2CC2)nc2c1CCNC2. The van der Waals surface area contributed by atoms with Gasteiger partial charge in [-0.25, -0.2) is 4.98 Å². The summed E-state index contributed by atoms with van der Waals surface area (Å²) in [7, 11) is 1.80. The van der Waals surface area contributed by atoms with Crippen molar-refractivity contribution in [3.63, 3.8) is 0 Å². The average Bonchev–Trinajstić information content (AvgIpc) is 3.17. The van der Waals surface area contributed by atoms with Crippen LogP contribution in [-0.2, 0) is 17.7 Å². The van der Waals surface area contributed by atoms with Crippen LogP contribution in [0.3, 0.4) is 0 Å². The molecule has 0 saturated heterocycles. The van der Waals surface area contributed by atoms with Crippen molar-refractivity contribution in [2.24, 2.45) is 5.92 Å². The number of aromatic nitrogens is 2. The summed E-state index contributed by atoms with van der Waals surface area (Å²) in [6.07, 6.45) is 3.71. The van der Waals surface area contributed by atoms with Crippen molar-refractivity contribution >= 4 is 0 Å². The van der Waals surface area contributed by atoms with Gasteiger partial charge in [0, 0.05) is 38.2 Å². The number of methoxy groups -OCH3 is 1. The zero-order valence-electron chi connectivity index (χ0n) is 12.3. The number of nitrogens with zero attached hydrogens (tertiary/aromatic N) is 2. The zero-order chi connectivity index (χ0) is 13.4. The van der Waals surface area contributed by atoms with E-state index in [9.17, 15) is 0 Å². The zero-order valence-corrected chi connectivity index (χ0v) is 12.3. The van der Waals surface area contributed by atoms with Gasteiger partial charge in [0.2, 0.25) is 0 Å². The van der Waals surface area contributed by atoms with Crippen molar-refractivity contribution in [3.05, 3.63) is 17.2 Å². The van der Waals surface area contributed by atoms with Crippen molar-refractivity contribution in [2.45, 2.75) is 51.6 Å². The highest BCUT2D eigenvalue weighted by molar-refractivity contribution is 5.25. The van der Waals surface area contributed by atoms with Crippen LogP contribution in [0.4, 0.5) is 0 Å². The van der Waals surface area contributed by atoms with Gasteiger partial charge in [-0.1, -0.05) is 13.8 Å². The van der Waals surface area contributed by atoms with E-state index in [1.807, 2.05) is 0 Å². The number of hydrogen-bond acceptors (Lipinski definition) is 3. The Kier molecular flexibility index (Phi) is 3.63. The molecule has 0 amide bonds. The molecule has 0 bridgehead atoms. The van der Waals surface area contributed by atoms with Gasteiger partial charge < -0.3 is 14.6 Å². The van der Waals surface area contributed by atoms with Crippen LogP contribution in [0.1, 0.15) is 55.9 Å². The van der Waals surface area contributed by atoms with Gasteiger partial charge >= 0.3 is 0 Å². The van der Waals surface area contributed by atoms with Crippen LogP contribution in [0.25, 0.3) is 0 Å². The smallest absolute Gasteiger partial charge is 0.112 e. The summed E-state index contributed by atoms with van der Waals surface area (Å²) in [4.78, 5) is 4.94. The van der Waals surface area contributed by atoms with Gasteiger partial charge in [-0.15, -0.1) is 0 Å². The average molecular weight is 263 g/mol. The molecule has 0 radical (unpaired) electrons. The first-order chi connectivity index (χ1) is 9.22. The molecule has 1 aromatic heterocycles. The van der Waals surface area contributed by atoms with Crippen LogP contribution < -0.4 is 5.32 Å².